The van der Waals surface area contributed by atoms with Crippen LogP contribution in [0.2, 0.25) is 0 Å². The Labute approximate surface area is 132 Å². The number of hydrogen-bond donors (Lipinski definition) is 1. The fourth-order valence-electron chi connectivity index (χ4n) is 2.57. The first-order valence-electron chi connectivity index (χ1n) is 7.49. The van der Waals surface area contributed by atoms with Crippen molar-refractivity contribution in [1.29, 1.82) is 0 Å². The second kappa shape index (κ2) is 6.66. The van der Waals surface area contributed by atoms with Gasteiger partial charge in [0.2, 0.25) is 10.0 Å². The third kappa shape index (κ3) is 3.78. The number of sulfonamides is 1. The molecule has 1 aliphatic heterocycles. The highest BCUT2D eigenvalue weighted by atomic mass is 32.2. The van der Waals surface area contributed by atoms with Gasteiger partial charge in [0, 0.05) is 12.6 Å². The molecule has 0 unspecified atom stereocenters. The number of hydrogen-bond acceptors (Lipinski definition) is 3. The quantitative estimate of drug-likeness (QED) is 0.807. The zero-order valence-corrected chi connectivity index (χ0v) is 14.2. The third-order valence-corrected chi connectivity index (χ3v) is 5.44. The molecule has 0 aromatic heterocycles. The van der Waals surface area contributed by atoms with Crippen LogP contribution < -0.4 is 9.21 Å². The van der Waals surface area contributed by atoms with Crippen molar-refractivity contribution in [2.24, 2.45) is 0 Å². The minimum absolute atomic E-state index is 0.0173. The van der Waals surface area contributed by atoms with Gasteiger partial charge in [-0.2, -0.15) is 0 Å². The van der Waals surface area contributed by atoms with Gasteiger partial charge in [-0.25, -0.2) is 8.42 Å². The highest BCUT2D eigenvalue weighted by Crippen LogP contribution is 2.17. The lowest BCUT2D eigenvalue weighted by molar-refractivity contribution is -0.902. The molecule has 0 bridgehead atoms. The molecule has 0 radical (unpaired) electrons. The normalized spacial score (nSPS) is 16.6. The van der Waals surface area contributed by atoms with E-state index < -0.39 is 10.0 Å². The number of nitrogens with zero attached hydrogens (tertiary/aromatic N) is 2. The molecule has 1 saturated heterocycles. The van der Waals surface area contributed by atoms with Crippen molar-refractivity contribution in [3.05, 3.63) is 29.8 Å². The van der Waals surface area contributed by atoms with Crippen LogP contribution in [-0.2, 0) is 10.0 Å². The van der Waals surface area contributed by atoms with Gasteiger partial charge < -0.3 is 9.80 Å². The minimum Gasteiger partial charge on any atom is -0.332 e. The molecule has 1 heterocycles. The lowest BCUT2D eigenvalue weighted by Gasteiger charge is -2.31. The number of quaternary nitrogens is 1. The zero-order valence-electron chi connectivity index (χ0n) is 13.4. The summed E-state index contributed by atoms with van der Waals surface area (Å²) in [5.41, 5.74) is 1.16. The van der Waals surface area contributed by atoms with E-state index in [1.807, 2.05) is 4.90 Å². The SMILES string of the molecule is CC[NH+]1CCN(C(=O)c2ccc(N(C)S(C)(=O)=O)cc2)CC1. The Morgan fingerprint density at radius 1 is 1.23 bits per heavy atom. The maximum atomic E-state index is 12.5. The molecule has 1 fully saturated rings. The molecule has 2 rings (SSSR count). The molecular weight excluding hydrogens is 302 g/mol. The Morgan fingerprint density at radius 2 is 1.77 bits per heavy atom. The van der Waals surface area contributed by atoms with E-state index in [2.05, 4.69) is 6.92 Å². The summed E-state index contributed by atoms with van der Waals surface area (Å²) in [5, 5.41) is 0. The molecular formula is C15H24N3O3S+. The van der Waals surface area contributed by atoms with Crippen LogP contribution in [0.4, 0.5) is 5.69 Å². The molecule has 0 saturated carbocycles. The summed E-state index contributed by atoms with van der Waals surface area (Å²) >= 11 is 0. The van der Waals surface area contributed by atoms with E-state index in [-0.39, 0.29) is 5.91 Å². The lowest BCUT2D eigenvalue weighted by atomic mass is 10.1. The van der Waals surface area contributed by atoms with Crippen LogP contribution in [0.3, 0.4) is 0 Å². The number of benzene rings is 1. The number of carbonyl (C=O) groups excluding carboxylic acids is 1. The summed E-state index contributed by atoms with van der Waals surface area (Å²) in [6.07, 6.45) is 1.15. The van der Waals surface area contributed by atoms with E-state index in [9.17, 15) is 13.2 Å². The van der Waals surface area contributed by atoms with E-state index in [1.165, 1.54) is 16.3 Å². The van der Waals surface area contributed by atoms with Crippen molar-refractivity contribution in [2.75, 3.05) is 50.3 Å². The maximum Gasteiger partial charge on any atom is 0.254 e. The van der Waals surface area contributed by atoms with Crippen molar-refractivity contribution in [2.45, 2.75) is 6.92 Å². The van der Waals surface area contributed by atoms with Gasteiger partial charge in [-0.1, -0.05) is 0 Å². The predicted molar refractivity (Wildman–Crippen MR) is 86.8 cm³/mol. The maximum absolute atomic E-state index is 12.5. The highest BCUT2D eigenvalue weighted by molar-refractivity contribution is 7.92. The van der Waals surface area contributed by atoms with Crippen LogP contribution in [-0.4, -0.2) is 65.3 Å². The first-order chi connectivity index (χ1) is 10.3. The second-order valence-corrected chi connectivity index (χ2v) is 7.69. The first kappa shape index (κ1) is 16.8. The summed E-state index contributed by atoms with van der Waals surface area (Å²) in [5.74, 6) is 0.0173. The average Bonchev–Trinajstić information content (AvgIpc) is 2.53. The fourth-order valence-corrected chi connectivity index (χ4v) is 3.07. The number of rotatable bonds is 4. The number of piperazine rings is 1. The van der Waals surface area contributed by atoms with Crippen molar-refractivity contribution in [3.63, 3.8) is 0 Å². The van der Waals surface area contributed by atoms with Crippen LogP contribution >= 0.6 is 0 Å². The Morgan fingerprint density at radius 3 is 2.23 bits per heavy atom. The van der Waals surface area contributed by atoms with Gasteiger partial charge in [-0.05, 0) is 31.2 Å². The van der Waals surface area contributed by atoms with Gasteiger partial charge in [0.1, 0.15) is 0 Å². The molecule has 1 amide bonds. The summed E-state index contributed by atoms with van der Waals surface area (Å²) in [6, 6.07) is 6.72. The molecule has 1 aromatic rings. The molecule has 1 aliphatic rings. The van der Waals surface area contributed by atoms with Gasteiger partial charge >= 0.3 is 0 Å². The van der Waals surface area contributed by atoms with Crippen LogP contribution in [0, 0.1) is 0 Å². The number of carbonyl (C=O) groups is 1. The molecule has 0 aliphatic carbocycles. The monoisotopic (exact) mass is 326 g/mol. The average molecular weight is 326 g/mol. The van der Waals surface area contributed by atoms with Crippen LogP contribution in [0.25, 0.3) is 0 Å². The highest BCUT2D eigenvalue weighted by Gasteiger charge is 2.23. The Balaban J connectivity index is 2.06. The molecule has 1 N–H and O–H groups in total. The number of likely N-dealkylation sites (N-methyl/N-ethyl adjacent to an activating group) is 1. The molecule has 22 heavy (non-hydrogen) atoms. The van der Waals surface area contributed by atoms with E-state index in [1.54, 1.807) is 24.3 Å². The van der Waals surface area contributed by atoms with Gasteiger partial charge in [-0.15, -0.1) is 0 Å². The summed E-state index contributed by atoms with van der Waals surface area (Å²) in [6.45, 7) is 6.76. The zero-order chi connectivity index (χ0) is 16.3. The Bertz CT molecular complexity index is 620. The molecule has 1 aromatic carbocycles. The standard InChI is InChI=1S/C15H23N3O3S/c1-4-17-9-11-18(12-10-17)15(19)13-5-7-14(8-6-13)16(2)22(3,20)21/h5-8H,4,9-12H2,1-3H3/p+1. The van der Waals surface area contributed by atoms with Gasteiger partial charge in [-0.3, -0.25) is 9.10 Å². The molecule has 0 atom stereocenters. The van der Waals surface area contributed by atoms with E-state index in [0.29, 0.717) is 11.3 Å². The first-order valence-corrected chi connectivity index (χ1v) is 9.34. The van der Waals surface area contributed by atoms with Crippen molar-refractivity contribution < 1.29 is 18.1 Å². The lowest BCUT2D eigenvalue weighted by Crippen LogP contribution is -3.14. The third-order valence-electron chi connectivity index (χ3n) is 4.23. The second-order valence-electron chi connectivity index (χ2n) is 5.67. The van der Waals surface area contributed by atoms with E-state index in [0.717, 1.165) is 39.0 Å². The van der Waals surface area contributed by atoms with Crippen LogP contribution in [0.5, 0.6) is 0 Å². The Kier molecular flexibility index (Phi) is 5.08. The van der Waals surface area contributed by atoms with Crippen molar-refractivity contribution in [1.82, 2.24) is 4.90 Å². The summed E-state index contributed by atoms with van der Waals surface area (Å²) < 4.78 is 24.2. The van der Waals surface area contributed by atoms with Crippen LogP contribution in [0.1, 0.15) is 17.3 Å². The predicted octanol–water partition coefficient (Wildman–Crippen LogP) is -0.557. The summed E-state index contributed by atoms with van der Waals surface area (Å²) in [4.78, 5) is 15.8. The van der Waals surface area contributed by atoms with Gasteiger partial charge in [0.05, 0.1) is 44.7 Å². The van der Waals surface area contributed by atoms with Crippen LogP contribution in [0.15, 0.2) is 24.3 Å². The number of amides is 1. The molecule has 6 nitrogen and oxygen atoms in total. The fraction of sp³-hybridized carbons (Fsp3) is 0.533. The number of nitrogens with one attached hydrogen (secondary N) is 1. The molecule has 122 valence electrons. The van der Waals surface area contributed by atoms with E-state index in [4.69, 9.17) is 0 Å². The minimum atomic E-state index is -3.28. The Hall–Kier alpha value is -1.60. The smallest absolute Gasteiger partial charge is 0.254 e. The molecule has 0 spiro atoms. The topological polar surface area (TPSA) is 62.1 Å². The van der Waals surface area contributed by atoms with Gasteiger partial charge in [0.25, 0.3) is 5.91 Å². The summed E-state index contributed by atoms with van der Waals surface area (Å²) in [7, 11) is -1.78. The van der Waals surface area contributed by atoms with Crippen molar-refractivity contribution >= 4 is 21.6 Å². The largest absolute Gasteiger partial charge is 0.332 e. The van der Waals surface area contributed by atoms with Gasteiger partial charge in [0.15, 0.2) is 0 Å². The number of anilines is 1. The van der Waals surface area contributed by atoms with Crippen molar-refractivity contribution in [3.8, 4) is 0 Å². The van der Waals surface area contributed by atoms with E-state index >= 15 is 0 Å². The molecule has 7 heteroatoms.